The van der Waals surface area contributed by atoms with E-state index in [4.69, 9.17) is 25.8 Å². The van der Waals surface area contributed by atoms with Crippen molar-refractivity contribution in [2.75, 3.05) is 21.3 Å². The molecule has 1 saturated carbocycles. The van der Waals surface area contributed by atoms with E-state index in [0.717, 1.165) is 12.8 Å². The van der Waals surface area contributed by atoms with Gasteiger partial charge in [0.25, 0.3) is 0 Å². The van der Waals surface area contributed by atoms with Gasteiger partial charge in [0.05, 0.1) is 31.8 Å². The van der Waals surface area contributed by atoms with E-state index in [2.05, 4.69) is 0 Å². The van der Waals surface area contributed by atoms with Crippen molar-refractivity contribution < 1.29 is 24.1 Å². The maximum atomic E-state index is 11.9. The average Bonchev–Trinajstić information content (AvgIpc) is 2.96. The molecular formula is C15H19ClO5. The minimum Gasteiger partial charge on any atom is -0.493 e. The van der Waals surface area contributed by atoms with E-state index in [1.54, 1.807) is 6.07 Å². The van der Waals surface area contributed by atoms with Crippen molar-refractivity contribution >= 4 is 17.6 Å². The number of hydrogen-bond donors (Lipinski definition) is 1. The van der Waals surface area contributed by atoms with Crippen LogP contribution in [0.5, 0.6) is 17.2 Å². The monoisotopic (exact) mass is 314 g/mol. The lowest BCUT2D eigenvalue weighted by atomic mass is 9.78. The molecule has 0 bridgehead atoms. The zero-order chi connectivity index (χ0) is 15.6. The highest BCUT2D eigenvalue weighted by molar-refractivity contribution is 6.32. The Bertz CT molecular complexity index is 549. The maximum Gasteiger partial charge on any atom is 0.314 e. The second-order valence-corrected chi connectivity index (χ2v) is 5.50. The van der Waals surface area contributed by atoms with Crippen LogP contribution in [0.3, 0.4) is 0 Å². The van der Waals surface area contributed by atoms with Crippen LogP contribution in [0.25, 0.3) is 0 Å². The molecular weight excluding hydrogens is 296 g/mol. The van der Waals surface area contributed by atoms with E-state index in [1.807, 2.05) is 0 Å². The van der Waals surface area contributed by atoms with Crippen molar-refractivity contribution in [1.82, 2.24) is 0 Å². The summed E-state index contributed by atoms with van der Waals surface area (Å²) in [7, 11) is 4.46. The Kier molecular flexibility index (Phi) is 4.52. The van der Waals surface area contributed by atoms with E-state index < -0.39 is 11.4 Å². The Labute approximate surface area is 128 Å². The minimum atomic E-state index is -1.03. The van der Waals surface area contributed by atoms with Gasteiger partial charge in [-0.3, -0.25) is 4.79 Å². The molecule has 2 rings (SSSR count). The molecule has 6 heteroatoms. The third-order valence-electron chi connectivity index (χ3n) is 4.13. The molecule has 0 heterocycles. The van der Waals surface area contributed by atoms with Crippen molar-refractivity contribution in [2.24, 2.45) is 0 Å². The summed E-state index contributed by atoms with van der Waals surface area (Å²) < 4.78 is 16.0. The topological polar surface area (TPSA) is 65.0 Å². The van der Waals surface area contributed by atoms with Gasteiger partial charge in [-0.25, -0.2) is 0 Å². The Morgan fingerprint density at radius 1 is 1.14 bits per heavy atom. The average molecular weight is 315 g/mol. The summed E-state index contributed by atoms with van der Waals surface area (Å²) in [6.07, 6.45) is 2.77. The van der Waals surface area contributed by atoms with Gasteiger partial charge in [0.15, 0.2) is 11.5 Å². The normalized spacial score (nSPS) is 16.6. The fourth-order valence-electron chi connectivity index (χ4n) is 3.12. The third-order valence-corrected chi connectivity index (χ3v) is 4.43. The second kappa shape index (κ2) is 6.02. The van der Waals surface area contributed by atoms with Crippen LogP contribution >= 0.6 is 11.6 Å². The van der Waals surface area contributed by atoms with Crippen molar-refractivity contribution in [2.45, 2.75) is 31.1 Å². The molecule has 116 valence electrons. The van der Waals surface area contributed by atoms with Gasteiger partial charge in [-0.1, -0.05) is 24.4 Å². The zero-order valence-electron chi connectivity index (χ0n) is 12.4. The molecule has 5 nitrogen and oxygen atoms in total. The number of carbonyl (C=O) groups is 1. The number of carboxylic acids is 1. The SMILES string of the molecule is COc1cc(Cl)c(C2(C(=O)O)CCCC2)c(OC)c1OC. The van der Waals surface area contributed by atoms with Crippen LogP contribution in [0.15, 0.2) is 6.07 Å². The molecule has 1 aromatic rings. The highest BCUT2D eigenvalue weighted by Crippen LogP contribution is 2.53. The Morgan fingerprint density at radius 3 is 2.14 bits per heavy atom. The standard InChI is InChI=1S/C15H19ClO5/c1-19-10-8-9(16)11(13(21-3)12(10)20-2)15(14(17)18)6-4-5-7-15/h8H,4-7H2,1-3H3,(H,17,18). The van der Waals surface area contributed by atoms with Gasteiger partial charge in [-0.2, -0.15) is 0 Å². The van der Waals surface area contributed by atoms with Gasteiger partial charge < -0.3 is 19.3 Å². The number of methoxy groups -OCH3 is 3. The highest BCUT2D eigenvalue weighted by Gasteiger charge is 2.47. The largest absolute Gasteiger partial charge is 0.493 e. The number of hydrogen-bond acceptors (Lipinski definition) is 4. The van der Waals surface area contributed by atoms with Crippen LogP contribution < -0.4 is 14.2 Å². The van der Waals surface area contributed by atoms with Crippen molar-refractivity contribution in [3.8, 4) is 17.2 Å². The first-order valence-corrected chi connectivity index (χ1v) is 7.12. The summed E-state index contributed by atoms with van der Waals surface area (Å²) >= 11 is 6.36. The van der Waals surface area contributed by atoms with Crippen LogP contribution in [0.4, 0.5) is 0 Å². The fourth-order valence-corrected chi connectivity index (χ4v) is 3.49. The molecule has 0 aliphatic heterocycles. The van der Waals surface area contributed by atoms with Gasteiger partial charge in [0.2, 0.25) is 5.75 Å². The van der Waals surface area contributed by atoms with E-state index in [-0.39, 0.29) is 0 Å². The molecule has 0 saturated heterocycles. The summed E-state index contributed by atoms with van der Waals surface area (Å²) in [4.78, 5) is 11.9. The molecule has 21 heavy (non-hydrogen) atoms. The van der Waals surface area contributed by atoms with Crippen molar-refractivity contribution in [3.05, 3.63) is 16.7 Å². The fraction of sp³-hybridized carbons (Fsp3) is 0.533. The lowest BCUT2D eigenvalue weighted by molar-refractivity contribution is -0.143. The lowest BCUT2D eigenvalue weighted by Crippen LogP contribution is -2.33. The molecule has 0 unspecified atom stereocenters. The smallest absolute Gasteiger partial charge is 0.314 e. The molecule has 1 N–H and O–H groups in total. The molecule has 0 spiro atoms. The highest BCUT2D eigenvalue weighted by atomic mass is 35.5. The predicted molar refractivity (Wildman–Crippen MR) is 78.9 cm³/mol. The van der Waals surface area contributed by atoms with Crippen LogP contribution in [0, 0.1) is 0 Å². The van der Waals surface area contributed by atoms with Gasteiger partial charge >= 0.3 is 5.97 Å². The summed E-state index contributed by atoms with van der Waals surface area (Å²) in [6.45, 7) is 0. The van der Waals surface area contributed by atoms with E-state index in [1.165, 1.54) is 21.3 Å². The molecule has 0 atom stereocenters. The number of ether oxygens (including phenoxy) is 3. The molecule has 1 aromatic carbocycles. The Hall–Kier alpha value is -1.62. The molecule has 0 aromatic heterocycles. The van der Waals surface area contributed by atoms with Crippen molar-refractivity contribution in [1.29, 1.82) is 0 Å². The zero-order valence-corrected chi connectivity index (χ0v) is 13.1. The third kappa shape index (κ3) is 2.39. The molecule has 0 amide bonds. The first-order chi connectivity index (χ1) is 10.0. The maximum absolute atomic E-state index is 11.9. The van der Waals surface area contributed by atoms with Gasteiger partial charge in [-0.15, -0.1) is 0 Å². The van der Waals surface area contributed by atoms with Crippen LogP contribution in [0.2, 0.25) is 5.02 Å². The van der Waals surface area contributed by atoms with Gasteiger partial charge in [0, 0.05) is 11.6 Å². The predicted octanol–water partition coefficient (Wildman–Crippen LogP) is 3.26. The number of rotatable bonds is 5. The number of benzene rings is 1. The summed E-state index contributed by atoms with van der Waals surface area (Å²) in [5.41, 5.74) is -0.545. The van der Waals surface area contributed by atoms with Gasteiger partial charge in [0.1, 0.15) is 0 Å². The van der Waals surface area contributed by atoms with Crippen LogP contribution in [0.1, 0.15) is 31.2 Å². The number of aliphatic carboxylic acids is 1. The Balaban J connectivity index is 2.76. The number of carboxylic acid groups (broad SMARTS) is 1. The van der Waals surface area contributed by atoms with Crippen LogP contribution in [-0.4, -0.2) is 32.4 Å². The number of halogens is 1. The minimum absolute atomic E-state index is 0.328. The van der Waals surface area contributed by atoms with Gasteiger partial charge in [-0.05, 0) is 12.8 Å². The summed E-state index contributed by atoms with van der Waals surface area (Å²) in [5.74, 6) is 0.243. The molecule has 1 aliphatic carbocycles. The molecule has 0 radical (unpaired) electrons. The second-order valence-electron chi connectivity index (χ2n) is 5.10. The quantitative estimate of drug-likeness (QED) is 0.903. The molecule has 1 aliphatic rings. The van der Waals surface area contributed by atoms with E-state index in [9.17, 15) is 9.90 Å². The Morgan fingerprint density at radius 2 is 1.71 bits per heavy atom. The first kappa shape index (κ1) is 15.8. The lowest BCUT2D eigenvalue weighted by Gasteiger charge is -2.29. The first-order valence-electron chi connectivity index (χ1n) is 6.74. The van der Waals surface area contributed by atoms with E-state index >= 15 is 0 Å². The summed E-state index contributed by atoms with van der Waals surface area (Å²) in [6, 6.07) is 1.58. The van der Waals surface area contributed by atoms with E-state index in [0.29, 0.717) is 40.7 Å². The van der Waals surface area contributed by atoms with Crippen molar-refractivity contribution in [3.63, 3.8) is 0 Å². The van der Waals surface area contributed by atoms with Crippen LogP contribution in [-0.2, 0) is 10.2 Å². The summed E-state index contributed by atoms with van der Waals surface area (Å²) in [5, 5.41) is 10.1. The molecule has 1 fully saturated rings.